The van der Waals surface area contributed by atoms with Crippen LogP contribution in [0.25, 0.3) is 0 Å². The molecule has 2 rings (SSSR count). The van der Waals surface area contributed by atoms with E-state index in [1.807, 2.05) is 0 Å². The molecule has 0 heterocycles. The smallest absolute Gasteiger partial charge is 0.0160 e. The molecule has 0 aromatic heterocycles. The van der Waals surface area contributed by atoms with Gasteiger partial charge in [0.15, 0.2) is 0 Å². The van der Waals surface area contributed by atoms with Gasteiger partial charge in [0.05, 0.1) is 0 Å². The molecule has 0 N–H and O–H groups in total. The van der Waals surface area contributed by atoms with E-state index in [-0.39, 0.29) is 0 Å². The molecule has 1 fully saturated rings. The predicted molar refractivity (Wildman–Crippen MR) is 52.9 cm³/mol. The van der Waals surface area contributed by atoms with Gasteiger partial charge in [-0.2, -0.15) is 0 Å². The lowest BCUT2D eigenvalue weighted by atomic mass is 10.1. The molecule has 0 aromatic carbocycles. The highest BCUT2D eigenvalue weighted by atomic mass is 14.2. The van der Waals surface area contributed by atoms with Gasteiger partial charge < -0.3 is 0 Å². The van der Waals surface area contributed by atoms with Crippen LogP contribution in [0, 0.1) is 0 Å². The SMILES string of the molecule is C1=C\C=C2\CCC\C2=C\C\C=C/1. The third-order valence-corrected chi connectivity index (χ3v) is 2.46. The Balaban J connectivity index is 2.29. The summed E-state index contributed by atoms with van der Waals surface area (Å²) in [5, 5.41) is 0. The van der Waals surface area contributed by atoms with Gasteiger partial charge in [-0.25, -0.2) is 0 Å². The number of hydrogen-bond acceptors (Lipinski definition) is 0. The van der Waals surface area contributed by atoms with Gasteiger partial charge in [0.25, 0.3) is 0 Å². The van der Waals surface area contributed by atoms with Crippen molar-refractivity contribution >= 4 is 0 Å². The van der Waals surface area contributed by atoms with Crippen molar-refractivity contribution in [3.63, 3.8) is 0 Å². The molecule has 0 heteroatoms. The van der Waals surface area contributed by atoms with Crippen LogP contribution in [0.4, 0.5) is 0 Å². The molecule has 12 heavy (non-hydrogen) atoms. The van der Waals surface area contributed by atoms with Crippen LogP contribution in [0.15, 0.2) is 47.6 Å². The lowest BCUT2D eigenvalue weighted by Gasteiger charge is -1.97. The van der Waals surface area contributed by atoms with E-state index in [2.05, 4.69) is 36.5 Å². The van der Waals surface area contributed by atoms with Crippen molar-refractivity contribution in [2.24, 2.45) is 0 Å². The minimum absolute atomic E-state index is 1.09. The Morgan fingerprint density at radius 3 is 2.83 bits per heavy atom. The third kappa shape index (κ3) is 1.58. The van der Waals surface area contributed by atoms with Crippen LogP contribution in [0.2, 0.25) is 0 Å². The Kier molecular flexibility index (Phi) is 2.26. The van der Waals surface area contributed by atoms with Crippen molar-refractivity contribution < 1.29 is 0 Å². The first-order valence-electron chi connectivity index (χ1n) is 4.68. The van der Waals surface area contributed by atoms with Crippen LogP contribution in [0.5, 0.6) is 0 Å². The second kappa shape index (κ2) is 3.57. The summed E-state index contributed by atoms with van der Waals surface area (Å²) in [6, 6.07) is 0. The average Bonchev–Trinajstić information content (AvgIpc) is 2.50. The first kappa shape index (κ1) is 7.60. The summed E-state index contributed by atoms with van der Waals surface area (Å²) in [5.41, 5.74) is 3.13. The molecule has 0 saturated heterocycles. The quantitative estimate of drug-likeness (QED) is 0.506. The van der Waals surface area contributed by atoms with E-state index >= 15 is 0 Å². The summed E-state index contributed by atoms with van der Waals surface area (Å²) in [6.45, 7) is 0. The third-order valence-electron chi connectivity index (χ3n) is 2.46. The Morgan fingerprint density at radius 1 is 0.917 bits per heavy atom. The van der Waals surface area contributed by atoms with Gasteiger partial charge in [-0.3, -0.25) is 0 Å². The molecule has 0 spiro atoms. The molecule has 0 amide bonds. The number of hydrogen-bond donors (Lipinski definition) is 0. The van der Waals surface area contributed by atoms with Gasteiger partial charge in [0, 0.05) is 0 Å². The van der Waals surface area contributed by atoms with Crippen molar-refractivity contribution in [1.29, 1.82) is 0 Å². The normalized spacial score (nSPS) is 36.0. The van der Waals surface area contributed by atoms with Crippen molar-refractivity contribution in [1.82, 2.24) is 0 Å². The molecule has 0 unspecified atom stereocenters. The summed E-state index contributed by atoms with van der Waals surface area (Å²) in [4.78, 5) is 0. The van der Waals surface area contributed by atoms with Gasteiger partial charge in [-0.05, 0) is 36.8 Å². The fourth-order valence-corrected chi connectivity index (χ4v) is 1.82. The number of fused-ring (bicyclic) bond motifs is 1. The van der Waals surface area contributed by atoms with Gasteiger partial charge in [-0.1, -0.05) is 36.5 Å². The van der Waals surface area contributed by atoms with E-state index in [4.69, 9.17) is 0 Å². The summed E-state index contributed by atoms with van der Waals surface area (Å²) in [6.07, 6.45) is 18.2. The molecular weight excluding hydrogens is 144 g/mol. The van der Waals surface area contributed by atoms with E-state index in [1.165, 1.54) is 19.3 Å². The predicted octanol–water partition coefficient (Wildman–Crippen LogP) is 3.54. The van der Waals surface area contributed by atoms with Crippen LogP contribution >= 0.6 is 0 Å². The summed E-state index contributed by atoms with van der Waals surface area (Å²) >= 11 is 0. The molecule has 2 aliphatic rings. The van der Waals surface area contributed by atoms with E-state index in [1.54, 1.807) is 11.1 Å². The first-order valence-corrected chi connectivity index (χ1v) is 4.68. The van der Waals surface area contributed by atoms with Gasteiger partial charge >= 0.3 is 0 Å². The molecule has 1 saturated carbocycles. The Labute approximate surface area is 74.0 Å². The number of allylic oxidation sites excluding steroid dienone is 8. The van der Waals surface area contributed by atoms with Crippen molar-refractivity contribution in [2.75, 3.05) is 0 Å². The average molecular weight is 158 g/mol. The molecule has 0 aliphatic heterocycles. The fraction of sp³-hybridized carbons (Fsp3) is 0.333. The lowest BCUT2D eigenvalue weighted by molar-refractivity contribution is 0.931. The van der Waals surface area contributed by atoms with E-state index in [0.717, 1.165) is 6.42 Å². The molecule has 0 bridgehead atoms. The van der Waals surface area contributed by atoms with E-state index < -0.39 is 0 Å². The Bertz CT molecular complexity index is 274. The maximum absolute atomic E-state index is 2.36. The molecular formula is C12H14. The minimum atomic E-state index is 1.09. The highest BCUT2D eigenvalue weighted by Crippen LogP contribution is 2.30. The van der Waals surface area contributed by atoms with Crippen LogP contribution in [-0.2, 0) is 0 Å². The standard InChI is InChI=1S/C12H14/c1-2-4-7-11-9-6-10-12(11)8-5-3-1/h1-4,7-8H,5-6,9-10H2/b3-1-,4-2-,11-7-,12-8-. The summed E-state index contributed by atoms with van der Waals surface area (Å²) < 4.78 is 0. The summed E-state index contributed by atoms with van der Waals surface area (Å²) in [5.74, 6) is 0. The van der Waals surface area contributed by atoms with Gasteiger partial charge in [0.1, 0.15) is 0 Å². The molecule has 62 valence electrons. The van der Waals surface area contributed by atoms with Crippen LogP contribution in [-0.4, -0.2) is 0 Å². The zero-order valence-corrected chi connectivity index (χ0v) is 7.29. The second-order valence-electron chi connectivity index (χ2n) is 3.32. The molecule has 0 atom stereocenters. The topological polar surface area (TPSA) is 0 Å². The largest absolute Gasteiger partial charge is 0.0807 e. The second-order valence-corrected chi connectivity index (χ2v) is 3.32. The fourth-order valence-electron chi connectivity index (χ4n) is 1.82. The van der Waals surface area contributed by atoms with Crippen LogP contribution in [0.1, 0.15) is 25.7 Å². The highest BCUT2D eigenvalue weighted by molar-refractivity contribution is 5.38. The zero-order valence-electron chi connectivity index (χ0n) is 7.29. The Morgan fingerprint density at radius 2 is 1.83 bits per heavy atom. The number of rotatable bonds is 0. The zero-order chi connectivity index (χ0) is 8.23. The van der Waals surface area contributed by atoms with Crippen LogP contribution in [0.3, 0.4) is 0 Å². The Hall–Kier alpha value is -1.04. The monoisotopic (exact) mass is 158 g/mol. The van der Waals surface area contributed by atoms with Gasteiger partial charge in [0.2, 0.25) is 0 Å². The minimum Gasteiger partial charge on any atom is -0.0807 e. The van der Waals surface area contributed by atoms with E-state index in [9.17, 15) is 0 Å². The maximum atomic E-state index is 2.36. The molecule has 0 radical (unpaired) electrons. The van der Waals surface area contributed by atoms with Gasteiger partial charge in [-0.15, -0.1) is 0 Å². The van der Waals surface area contributed by atoms with Crippen molar-refractivity contribution in [2.45, 2.75) is 25.7 Å². The van der Waals surface area contributed by atoms with Crippen molar-refractivity contribution in [3.8, 4) is 0 Å². The lowest BCUT2D eigenvalue weighted by Crippen LogP contribution is -1.77. The first-order chi connectivity index (χ1) is 5.97. The van der Waals surface area contributed by atoms with Crippen molar-refractivity contribution in [3.05, 3.63) is 47.6 Å². The molecule has 0 nitrogen and oxygen atoms in total. The summed E-state index contributed by atoms with van der Waals surface area (Å²) in [7, 11) is 0. The maximum Gasteiger partial charge on any atom is -0.0160 e. The van der Waals surface area contributed by atoms with E-state index in [0.29, 0.717) is 0 Å². The van der Waals surface area contributed by atoms with Crippen LogP contribution < -0.4 is 0 Å². The highest BCUT2D eigenvalue weighted by Gasteiger charge is 2.11. The molecule has 2 aliphatic carbocycles. The molecule has 0 aromatic rings.